The van der Waals surface area contributed by atoms with E-state index >= 15 is 0 Å². The second kappa shape index (κ2) is 9.34. The van der Waals surface area contributed by atoms with Crippen LogP contribution in [0.1, 0.15) is 48.3 Å². The fraction of sp³-hybridized carbons (Fsp3) is 0.435. The Balaban J connectivity index is 1.81. The van der Waals surface area contributed by atoms with E-state index in [9.17, 15) is 14.8 Å². The number of benzene rings is 2. The van der Waals surface area contributed by atoms with Crippen LogP contribution in [0.25, 0.3) is 0 Å². The highest BCUT2D eigenvalue weighted by molar-refractivity contribution is 5.90. The smallest absolute Gasteiger partial charge is 0.339 e. The molecule has 8 nitrogen and oxygen atoms in total. The van der Waals surface area contributed by atoms with Gasteiger partial charge in [0, 0.05) is 24.8 Å². The first-order chi connectivity index (χ1) is 14.7. The number of anilines is 1. The summed E-state index contributed by atoms with van der Waals surface area (Å²) in [5.41, 5.74) is 2.62. The number of carbonyl (C=O) groups is 1. The molecule has 0 saturated carbocycles. The average Bonchev–Trinajstić information content (AvgIpc) is 2.74. The van der Waals surface area contributed by atoms with Crippen LogP contribution in [0.3, 0.4) is 0 Å². The molecule has 2 aromatic carbocycles. The van der Waals surface area contributed by atoms with Crippen LogP contribution < -0.4 is 9.64 Å². The van der Waals surface area contributed by atoms with Gasteiger partial charge in [-0.15, -0.1) is 0 Å². The summed E-state index contributed by atoms with van der Waals surface area (Å²) >= 11 is 0. The zero-order chi connectivity index (χ0) is 22.6. The number of nitrogens with zero attached hydrogens (tertiary/aromatic N) is 2. The third-order valence-corrected chi connectivity index (χ3v) is 5.30. The fourth-order valence-electron chi connectivity index (χ4n) is 3.59. The number of nitroso groups, excluding NO2 is 1. The first kappa shape index (κ1) is 22.6. The van der Waals surface area contributed by atoms with Gasteiger partial charge in [-0.05, 0) is 34.7 Å². The Hall–Kier alpha value is -3.13. The lowest BCUT2D eigenvalue weighted by molar-refractivity contribution is 0.0693. The molecule has 1 fully saturated rings. The van der Waals surface area contributed by atoms with E-state index < -0.39 is 17.8 Å². The van der Waals surface area contributed by atoms with Crippen molar-refractivity contribution in [2.24, 2.45) is 5.18 Å². The van der Waals surface area contributed by atoms with Crippen molar-refractivity contribution in [2.45, 2.75) is 32.2 Å². The molecule has 1 aliphatic rings. The average molecular weight is 428 g/mol. The molecule has 3 rings (SSSR count). The number of ether oxygens (including phenoxy) is 2. The van der Waals surface area contributed by atoms with E-state index in [1.165, 1.54) is 18.2 Å². The molecular weight excluding hydrogens is 400 g/mol. The fourth-order valence-corrected chi connectivity index (χ4v) is 3.59. The quantitative estimate of drug-likeness (QED) is 0.639. The van der Waals surface area contributed by atoms with Crippen molar-refractivity contribution in [2.75, 3.05) is 37.8 Å². The summed E-state index contributed by atoms with van der Waals surface area (Å²) in [7, 11) is 0. The van der Waals surface area contributed by atoms with Gasteiger partial charge in [0.1, 0.15) is 23.7 Å². The third-order valence-electron chi connectivity index (χ3n) is 5.30. The van der Waals surface area contributed by atoms with Crippen molar-refractivity contribution in [3.05, 3.63) is 58.0 Å². The summed E-state index contributed by atoms with van der Waals surface area (Å²) < 4.78 is 11.1. The standard InChI is InChI=1S/C23H28N2O6/c1-23(2,3)18-12-15(4-7-20(18)25-8-10-30-11-9-25)19(24-29)14-31-16-5-6-17(22(27)28)21(26)13-16/h4-7,12-13,19,26H,8-11,14H2,1-3H3,(H,27,28). The summed E-state index contributed by atoms with van der Waals surface area (Å²) in [6, 6.07) is 9.07. The topological polar surface area (TPSA) is 109 Å². The Kier molecular flexibility index (Phi) is 6.80. The Morgan fingerprint density at radius 3 is 2.48 bits per heavy atom. The highest BCUT2D eigenvalue weighted by Gasteiger charge is 2.25. The van der Waals surface area contributed by atoms with Crippen LogP contribution in [0, 0.1) is 4.91 Å². The van der Waals surface area contributed by atoms with Crippen molar-refractivity contribution in [1.29, 1.82) is 0 Å². The van der Waals surface area contributed by atoms with Crippen LogP contribution >= 0.6 is 0 Å². The Morgan fingerprint density at radius 2 is 1.90 bits per heavy atom. The second-order valence-corrected chi connectivity index (χ2v) is 8.54. The maximum Gasteiger partial charge on any atom is 0.339 e. The first-order valence-electron chi connectivity index (χ1n) is 10.2. The maximum absolute atomic E-state index is 11.6. The molecule has 0 bridgehead atoms. The molecule has 0 aliphatic carbocycles. The van der Waals surface area contributed by atoms with E-state index in [2.05, 4.69) is 30.8 Å². The van der Waals surface area contributed by atoms with Gasteiger partial charge < -0.3 is 24.6 Å². The predicted molar refractivity (Wildman–Crippen MR) is 117 cm³/mol. The van der Waals surface area contributed by atoms with Crippen molar-refractivity contribution >= 4 is 11.7 Å². The molecule has 0 radical (unpaired) electrons. The number of rotatable bonds is 7. The zero-order valence-corrected chi connectivity index (χ0v) is 18.0. The molecule has 2 aromatic rings. The molecule has 8 heteroatoms. The minimum Gasteiger partial charge on any atom is -0.507 e. The lowest BCUT2D eigenvalue weighted by Gasteiger charge is -2.34. The van der Waals surface area contributed by atoms with Gasteiger partial charge in [0.2, 0.25) is 0 Å². The maximum atomic E-state index is 11.6. The molecule has 1 atom stereocenters. The van der Waals surface area contributed by atoms with Crippen LogP contribution in [0.5, 0.6) is 11.5 Å². The molecule has 1 heterocycles. The number of aromatic carboxylic acids is 1. The molecule has 1 aliphatic heterocycles. The molecule has 0 spiro atoms. The molecule has 1 saturated heterocycles. The largest absolute Gasteiger partial charge is 0.507 e. The number of carboxylic acids is 1. The van der Waals surface area contributed by atoms with Crippen molar-refractivity contribution in [1.82, 2.24) is 0 Å². The molecule has 1 unspecified atom stereocenters. The number of morpholine rings is 1. The van der Waals surface area contributed by atoms with Gasteiger partial charge in [-0.2, -0.15) is 4.91 Å². The first-order valence-corrected chi connectivity index (χ1v) is 10.2. The van der Waals surface area contributed by atoms with Crippen molar-refractivity contribution < 1.29 is 24.5 Å². The normalized spacial score (nSPS) is 15.4. The molecule has 0 aromatic heterocycles. The van der Waals surface area contributed by atoms with Gasteiger partial charge in [-0.1, -0.05) is 38.1 Å². The molecular formula is C23H28N2O6. The van der Waals surface area contributed by atoms with Crippen LogP contribution in [0.15, 0.2) is 41.6 Å². The van der Waals surface area contributed by atoms with Gasteiger partial charge in [0.15, 0.2) is 6.04 Å². The van der Waals surface area contributed by atoms with Gasteiger partial charge in [0.05, 0.1) is 13.2 Å². The SMILES string of the molecule is CC(C)(C)c1cc(C(COc2ccc(C(=O)O)c(O)c2)N=O)ccc1N1CCOCC1. The van der Waals surface area contributed by atoms with Gasteiger partial charge in [0.25, 0.3) is 0 Å². The molecule has 31 heavy (non-hydrogen) atoms. The Bertz CT molecular complexity index is 948. The highest BCUT2D eigenvalue weighted by atomic mass is 16.5. The van der Waals surface area contributed by atoms with E-state index in [1.54, 1.807) is 0 Å². The number of aromatic hydroxyl groups is 1. The van der Waals surface area contributed by atoms with Crippen molar-refractivity contribution in [3.63, 3.8) is 0 Å². The van der Waals surface area contributed by atoms with Crippen molar-refractivity contribution in [3.8, 4) is 11.5 Å². The highest BCUT2D eigenvalue weighted by Crippen LogP contribution is 2.35. The monoisotopic (exact) mass is 428 g/mol. The number of phenols is 1. The van der Waals surface area contributed by atoms with Crippen LogP contribution in [0.2, 0.25) is 0 Å². The zero-order valence-electron chi connectivity index (χ0n) is 18.0. The Morgan fingerprint density at radius 1 is 1.19 bits per heavy atom. The summed E-state index contributed by atoms with van der Waals surface area (Å²) in [6.07, 6.45) is 0. The van der Waals surface area contributed by atoms with Gasteiger partial charge >= 0.3 is 5.97 Å². The summed E-state index contributed by atoms with van der Waals surface area (Å²) in [6.45, 7) is 9.35. The van der Waals surface area contributed by atoms with E-state index in [-0.39, 0.29) is 23.3 Å². The molecule has 0 amide bonds. The van der Waals surface area contributed by atoms with Gasteiger partial charge in [-0.25, -0.2) is 4.79 Å². The number of hydrogen-bond acceptors (Lipinski definition) is 7. The summed E-state index contributed by atoms with van der Waals surface area (Å²) in [4.78, 5) is 24.9. The van der Waals surface area contributed by atoms with Crippen LogP contribution in [0.4, 0.5) is 5.69 Å². The predicted octanol–water partition coefficient (Wildman–Crippen LogP) is 4.11. The van der Waals surface area contributed by atoms with Gasteiger partial charge in [-0.3, -0.25) is 0 Å². The van der Waals surface area contributed by atoms with Crippen LogP contribution in [-0.4, -0.2) is 49.1 Å². The summed E-state index contributed by atoms with van der Waals surface area (Å²) in [5, 5.41) is 22.1. The Labute approximate surface area is 181 Å². The molecule has 2 N–H and O–H groups in total. The van der Waals surface area contributed by atoms with E-state index in [0.717, 1.165) is 29.9 Å². The molecule has 166 valence electrons. The minimum atomic E-state index is -1.23. The summed E-state index contributed by atoms with van der Waals surface area (Å²) in [5.74, 6) is -1.37. The minimum absolute atomic E-state index is 0.0319. The lowest BCUT2D eigenvalue weighted by Crippen LogP contribution is -2.37. The lowest BCUT2D eigenvalue weighted by atomic mass is 9.83. The van der Waals surface area contributed by atoms with E-state index in [0.29, 0.717) is 13.2 Å². The number of hydrogen-bond donors (Lipinski definition) is 2. The van der Waals surface area contributed by atoms with E-state index in [4.69, 9.17) is 14.6 Å². The van der Waals surface area contributed by atoms with Crippen LogP contribution in [-0.2, 0) is 10.2 Å². The van der Waals surface area contributed by atoms with E-state index in [1.807, 2.05) is 18.2 Å². The third kappa shape index (κ3) is 5.32. The number of carboxylic acid groups (broad SMARTS) is 1. The second-order valence-electron chi connectivity index (χ2n) is 8.54.